The first-order valence-electron chi connectivity index (χ1n) is 8.26. The maximum absolute atomic E-state index is 12.0. The van der Waals surface area contributed by atoms with Gasteiger partial charge in [-0.3, -0.25) is 9.67 Å². The standard InChI is InChI=1S/C16H28N6O2.HI/c1-16(2,3)24-15(23)22-11-9-21(10-12-22)14(17)18-7-5-13-6-8-19-20(13)4;/h6,8H,5,7,9-12H2,1-4H3,(H2,17,18);1H. The van der Waals surface area contributed by atoms with Crippen LogP contribution in [0.5, 0.6) is 0 Å². The van der Waals surface area contributed by atoms with Crippen LogP contribution in [-0.4, -0.2) is 70.0 Å². The number of amides is 1. The molecule has 2 heterocycles. The molecule has 25 heavy (non-hydrogen) atoms. The molecular weight excluding hydrogens is 435 g/mol. The SMILES string of the molecule is Cn1nccc1CCN=C(N)N1CCN(C(=O)OC(C)(C)C)CC1.I. The van der Waals surface area contributed by atoms with E-state index in [2.05, 4.69) is 10.1 Å². The van der Waals surface area contributed by atoms with Crippen LogP contribution in [0.2, 0.25) is 0 Å². The number of nitrogens with zero attached hydrogens (tertiary/aromatic N) is 5. The molecule has 142 valence electrons. The van der Waals surface area contributed by atoms with Gasteiger partial charge in [0.1, 0.15) is 5.60 Å². The van der Waals surface area contributed by atoms with E-state index in [0.717, 1.165) is 12.1 Å². The summed E-state index contributed by atoms with van der Waals surface area (Å²) in [6.45, 7) is 8.74. The van der Waals surface area contributed by atoms with Crippen molar-refractivity contribution in [3.63, 3.8) is 0 Å². The fourth-order valence-electron chi connectivity index (χ4n) is 2.48. The molecule has 1 aliphatic heterocycles. The van der Waals surface area contributed by atoms with Crippen molar-refractivity contribution in [3.05, 3.63) is 18.0 Å². The number of carbonyl (C=O) groups excluding carboxylic acids is 1. The van der Waals surface area contributed by atoms with Crippen molar-refractivity contribution in [2.45, 2.75) is 32.8 Å². The Morgan fingerprint density at radius 1 is 1.28 bits per heavy atom. The monoisotopic (exact) mass is 464 g/mol. The van der Waals surface area contributed by atoms with Crippen molar-refractivity contribution in [2.24, 2.45) is 17.8 Å². The first-order chi connectivity index (χ1) is 11.3. The normalized spacial score (nSPS) is 15.8. The summed E-state index contributed by atoms with van der Waals surface area (Å²) < 4.78 is 7.23. The molecule has 0 bridgehead atoms. The van der Waals surface area contributed by atoms with Gasteiger partial charge >= 0.3 is 6.09 Å². The molecule has 0 saturated carbocycles. The lowest BCUT2D eigenvalue weighted by atomic mass is 10.2. The summed E-state index contributed by atoms with van der Waals surface area (Å²) >= 11 is 0. The van der Waals surface area contributed by atoms with Crippen LogP contribution in [0.1, 0.15) is 26.5 Å². The second kappa shape index (κ2) is 9.25. The minimum atomic E-state index is -0.472. The number of aryl methyl sites for hydroxylation is 1. The van der Waals surface area contributed by atoms with E-state index in [0.29, 0.717) is 38.7 Å². The van der Waals surface area contributed by atoms with Crippen LogP contribution in [0.3, 0.4) is 0 Å². The summed E-state index contributed by atoms with van der Waals surface area (Å²) in [6, 6.07) is 1.98. The Morgan fingerprint density at radius 3 is 2.40 bits per heavy atom. The van der Waals surface area contributed by atoms with E-state index >= 15 is 0 Å². The van der Waals surface area contributed by atoms with E-state index in [9.17, 15) is 4.79 Å². The molecule has 1 amide bonds. The van der Waals surface area contributed by atoms with Gasteiger partial charge in [0.15, 0.2) is 5.96 Å². The van der Waals surface area contributed by atoms with Crippen molar-refractivity contribution in [3.8, 4) is 0 Å². The molecular formula is C16H29IN6O2. The molecule has 0 spiro atoms. The topological polar surface area (TPSA) is 89.0 Å². The van der Waals surface area contributed by atoms with Gasteiger partial charge in [-0.15, -0.1) is 24.0 Å². The number of carbonyl (C=O) groups is 1. The molecule has 0 aliphatic carbocycles. The van der Waals surface area contributed by atoms with E-state index < -0.39 is 5.60 Å². The maximum Gasteiger partial charge on any atom is 0.410 e. The molecule has 2 N–H and O–H groups in total. The zero-order chi connectivity index (χ0) is 17.7. The summed E-state index contributed by atoms with van der Waals surface area (Å²) in [5.74, 6) is 0.529. The van der Waals surface area contributed by atoms with Gasteiger partial charge in [0.2, 0.25) is 0 Å². The van der Waals surface area contributed by atoms with E-state index in [-0.39, 0.29) is 30.1 Å². The summed E-state index contributed by atoms with van der Waals surface area (Å²) in [5.41, 5.74) is 6.72. The Kier molecular flexibility index (Phi) is 7.97. The Hall–Kier alpha value is -1.52. The van der Waals surface area contributed by atoms with Gasteiger partial charge < -0.3 is 20.3 Å². The van der Waals surface area contributed by atoms with E-state index in [1.165, 1.54) is 0 Å². The van der Waals surface area contributed by atoms with Crippen LogP contribution in [0, 0.1) is 0 Å². The molecule has 9 heteroatoms. The summed E-state index contributed by atoms with van der Waals surface area (Å²) in [4.78, 5) is 20.2. The fraction of sp³-hybridized carbons (Fsp3) is 0.688. The predicted octanol–water partition coefficient (Wildman–Crippen LogP) is 1.45. The zero-order valence-corrected chi connectivity index (χ0v) is 17.8. The van der Waals surface area contributed by atoms with Crippen LogP contribution in [-0.2, 0) is 18.2 Å². The molecule has 1 fully saturated rings. The molecule has 0 aromatic carbocycles. The van der Waals surface area contributed by atoms with Gasteiger partial charge in [-0.25, -0.2) is 4.79 Å². The minimum Gasteiger partial charge on any atom is -0.444 e. The number of aromatic nitrogens is 2. The van der Waals surface area contributed by atoms with Crippen LogP contribution in [0.25, 0.3) is 0 Å². The van der Waals surface area contributed by atoms with Crippen molar-refractivity contribution >= 4 is 36.0 Å². The van der Waals surface area contributed by atoms with Gasteiger partial charge in [0.25, 0.3) is 0 Å². The molecule has 1 aliphatic rings. The van der Waals surface area contributed by atoms with Crippen LogP contribution < -0.4 is 5.73 Å². The van der Waals surface area contributed by atoms with E-state index in [1.807, 2.05) is 43.5 Å². The first-order valence-corrected chi connectivity index (χ1v) is 8.26. The number of piperazine rings is 1. The first kappa shape index (κ1) is 21.5. The van der Waals surface area contributed by atoms with E-state index in [4.69, 9.17) is 10.5 Å². The summed E-state index contributed by atoms with van der Waals surface area (Å²) in [5, 5.41) is 4.13. The third-order valence-corrected chi connectivity index (χ3v) is 3.82. The summed E-state index contributed by atoms with van der Waals surface area (Å²) in [7, 11) is 1.91. The van der Waals surface area contributed by atoms with Crippen LogP contribution in [0.15, 0.2) is 17.3 Å². The molecule has 2 rings (SSSR count). The number of halogens is 1. The van der Waals surface area contributed by atoms with Gasteiger partial charge in [-0.1, -0.05) is 0 Å². The van der Waals surface area contributed by atoms with Gasteiger partial charge in [-0.05, 0) is 26.8 Å². The Morgan fingerprint density at radius 2 is 1.88 bits per heavy atom. The predicted molar refractivity (Wildman–Crippen MR) is 108 cm³/mol. The number of rotatable bonds is 3. The number of nitrogens with two attached hydrogens (primary N) is 1. The molecule has 0 atom stereocenters. The summed E-state index contributed by atoms with van der Waals surface area (Å²) in [6.07, 6.45) is 2.31. The van der Waals surface area contributed by atoms with E-state index in [1.54, 1.807) is 11.1 Å². The van der Waals surface area contributed by atoms with Crippen LogP contribution >= 0.6 is 24.0 Å². The highest BCUT2D eigenvalue weighted by atomic mass is 127. The molecule has 0 radical (unpaired) electrons. The van der Waals surface area contributed by atoms with Crippen molar-refractivity contribution in [1.82, 2.24) is 19.6 Å². The molecule has 8 nitrogen and oxygen atoms in total. The Bertz CT molecular complexity index is 588. The highest BCUT2D eigenvalue weighted by Crippen LogP contribution is 2.11. The van der Waals surface area contributed by atoms with Gasteiger partial charge in [0, 0.05) is 58.1 Å². The lowest BCUT2D eigenvalue weighted by molar-refractivity contribution is 0.0186. The third kappa shape index (κ3) is 6.71. The number of hydrogen-bond donors (Lipinski definition) is 1. The van der Waals surface area contributed by atoms with Crippen molar-refractivity contribution in [2.75, 3.05) is 32.7 Å². The lowest BCUT2D eigenvalue weighted by Crippen LogP contribution is -2.53. The lowest BCUT2D eigenvalue weighted by Gasteiger charge is -2.36. The number of hydrogen-bond acceptors (Lipinski definition) is 4. The molecule has 1 aromatic heterocycles. The van der Waals surface area contributed by atoms with Crippen molar-refractivity contribution < 1.29 is 9.53 Å². The molecule has 0 unspecified atom stereocenters. The van der Waals surface area contributed by atoms with Gasteiger partial charge in [0.05, 0.1) is 0 Å². The Balaban J connectivity index is 0.00000312. The highest BCUT2D eigenvalue weighted by molar-refractivity contribution is 14.0. The second-order valence-corrected chi connectivity index (χ2v) is 6.89. The second-order valence-electron chi connectivity index (χ2n) is 6.89. The quantitative estimate of drug-likeness (QED) is 0.416. The highest BCUT2D eigenvalue weighted by Gasteiger charge is 2.26. The smallest absolute Gasteiger partial charge is 0.410 e. The molecule has 1 aromatic rings. The number of aliphatic imine (C=N–C) groups is 1. The fourth-order valence-corrected chi connectivity index (χ4v) is 2.48. The number of guanidine groups is 1. The minimum absolute atomic E-state index is 0. The average Bonchev–Trinajstić information content (AvgIpc) is 2.91. The van der Waals surface area contributed by atoms with Gasteiger partial charge in [-0.2, -0.15) is 5.10 Å². The van der Waals surface area contributed by atoms with Crippen LogP contribution in [0.4, 0.5) is 4.79 Å². The average molecular weight is 464 g/mol. The Labute approximate surface area is 166 Å². The molecule has 1 saturated heterocycles. The zero-order valence-electron chi connectivity index (χ0n) is 15.4. The van der Waals surface area contributed by atoms with Crippen molar-refractivity contribution in [1.29, 1.82) is 0 Å². The number of ether oxygens (including phenoxy) is 1. The largest absolute Gasteiger partial charge is 0.444 e. The maximum atomic E-state index is 12.0. The third-order valence-electron chi connectivity index (χ3n) is 3.82.